The zero-order chi connectivity index (χ0) is 31.2. The Labute approximate surface area is 262 Å². The van der Waals surface area contributed by atoms with Crippen LogP contribution in [0.15, 0.2) is 89.4 Å². The van der Waals surface area contributed by atoms with Gasteiger partial charge < -0.3 is 9.47 Å². The number of aryl methyl sites for hydroxylation is 4. The lowest BCUT2D eigenvalue weighted by atomic mass is 10.1. The van der Waals surface area contributed by atoms with E-state index in [1.807, 2.05) is 62.4 Å². The first-order chi connectivity index (χ1) is 20.8. The maximum Gasteiger partial charge on any atom is 0.118 e. The molecule has 4 aromatic carbocycles. The van der Waals surface area contributed by atoms with Gasteiger partial charge in [0.15, 0.2) is 0 Å². The first kappa shape index (κ1) is 32.9. The second-order valence-electron chi connectivity index (χ2n) is 9.61. The molecule has 8 heteroatoms. The van der Waals surface area contributed by atoms with Gasteiger partial charge in [0.2, 0.25) is 0 Å². The minimum absolute atomic E-state index is 0.673. The van der Waals surface area contributed by atoms with Gasteiger partial charge in [0.05, 0.1) is 36.9 Å². The Hall–Kier alpha value is -4.61. The second kappa shape index (κ2) is 16.7. The standard InChI is InChI=1S/C9H7N3.2C9H12O.C8H7BrN2/c1-6-8-4-7(5-10)2-3-9(8)12-11-6;2*1-3-8-4-6-9(10-2)7-5-8;1-5-7-4-6(9)2-3-8(7)11-10-5/h2-4H,1H3,(H,11,12);2*4-7H,3H2,1-2H3;2-4H,1H3,(H,10,11). The van der Waals surface area contributed by atoms with Crippen molar-refractivity contribution in [1.29, 1.82) is 5.26 Å². The summed E-state index contributed by atoms with van der Waals surface area (Å²) in [6.45, 7) is 8.24. The Morgan fingerprint density at radius 2 is 1.12 bits per heavy atom. The number of H-pyrrole nitrogens is 2. The molecule has 43 heavy (non-hydrogen) atoms. The highest BCUT2D eigenvalue weighted by molar-refractivity contribution is 9.10. The number of aromatic nitrogens is 4. The van der Waals surface area contributed by atoms with Crippen molar-refractivity contribution in [2.75, 3.05) is 14.2 Å². The van der Waals surface area contributed by atoms with Gasteiger partial charge >= 0.3 is 0 Å². The zero-order valence-electron chi connectivity index (χ0n) is 25.5. The lowest BCUT2D eigenvalue weighted by Crippen LogP contribution is -1.83. The van der Waals surface area contributed by atoms with Crippen LogP contribution in [0.2, 0.25) is 0 Å². The molecular weight excluding hydrogens is 602 g/mol. The third-order valence-electron chi connectivity index (χ3n) is 6.71. The number of nitriles is 1. The van der Waals surface area contributed by atoms with Crippen molar-refractivity contribution in [1.82, 2.24) is 20.4 Å². The number of nitrogens with one attached hydrogen (secondary N) is 2. The van der Waals surface area contributed by atoms with Crippen molar-refractivity contribution >= 4 is 37.7 Å². The van der Waals surface area contributed by atoms with E-state index in [0.29, 0.717) is 5.56 Å². The summed E-state index contributed by atoms with van der Waals surface area (Å²) in [6.07, 6.45) is 2.17. The molecule has 0 aliphatic heterocycles. The summed E-state index contributed by atoms with van der Waals surface area (Å²) in [4.78, 5) is 0. The average Bonchev–Trinajstić information content (AvgIpc) is 3.62. The highest BCUT2D eigenvalue weighted by Crippen LogP contribution is 2.20. The molecule has 0 unspecified atom stereocenters. The van der Waals surface area contributed by atoms with Gasteiger partial charge in [-0.25, -0.2) is 0 Å². The van der Waals surface area contributed by atoms with Crippen LogP contribution in [0, 0.1) is 25.2 Å². The summed E-state index contributed by atoms with van der Waals surface area (Å²) in [7, 11) is 3.36. The molecule has 222 valence electrons. The molecule has 0 aliphatic rings. The smallest absolute Gasteiger partial charge is 0.118 e. The molecule has 0 amide bonds. The maximum atomic E-state index is 8.64. The van der Waals surface area contributed by atoms with Crippen LogP contribution in [0.1, 0.15) is 41.9 Å². The molecule has 0 fully saturated rings. The minimum Gasteiger partial charge on any atom is -0.497 e. The van der Waals surface area contributed by atoms with Crippen LogP contribution in [-0.4, -0.2) is 34.6 Å². The first-order valence-corrected chi connectivity index (χ1v) is 14.8. The van der Waals surface area contributed by atoms with E-state index < -0.39 is 0 Å². The number of nitrogens with zero attached hydrogens (tertiary/aromatic N) is 3. The lowest BCUT2D eigenvalue weighted by molar-refractivity contribution is 0.414. The molecule has 0 atom stereocenters. The van der Waals surface area contributed by atoms with Gasteiger partial charge in [0.25, 0.3) is 0 Å². The number of methoxy groups -OCH3 is 2. The third-order valence-corrected chi connectivity index (χ3v) is 7.21. The monoisotopic (exact) mass is 639 g/mol. The highest BCUT2D eigenvalue weighted by Gasteiger charge is 2.01. The van der Waals surface area contributed by atoms with Gasteiger partial charge in [-0.2, -0.15) is 15.5 Å². The average molecular weight is 641 g/mol. The Morgan fingerprint density at radius 1 is 0.674 bits per heavy atom. The summed E-state index contributed by atoms with van der Waals surface area (Å²) in [5, 5.41) is 24.8. The van der Waals surface area contributed by atoms with Crippen molar-refractivity contribution in [3.8, 4) is 17.6 Å². The van der Waals surface area contributed by atoms with Crippen molar-refractivity contribution in [3.63, 3.8) is 0 Å². The molecule has 6 aromatic rings. The molecule has 0 aliphatic carbocycles. The van der Waals surface area contributed by atoms with Crippen LogP contribution in [0.25, 0.3) is 21.8 Å². The topological polar surface area (TPSA) is 99.6 Å². The number of hydrogen-bond acceptors (Lipinski definition) is 5. The van der Waals surface area contributed by atoms with Crippen LogP contribution in [0.5, 0.6) is 11.5 Å². The molecule has 6 rings (SSSR count). The predicted octanol–water partition coefficient (Wildman–Crippen LogP) is 8.89. The molecule has 2 aromatic heterocycles. The van der Waals surface area contributed by atoms with E-state index in [-0.39, 0.29) is 0 Å². The van der Waals surface area contributed by atoms with Crippen molar-refractivity contribution in [2.24, 2.45) is 0 Å². The number of ether oxygens (including phenoxy) is 2. The Balaban J connectivity index is 0.000000158. The first-order valence-electron chi connectivity index (χ1n) is 14.0. The quantitative estimate of drug-likeness (QED) is 0.201. The summed E-state index contributed by atoms with van der Waals surface area (Å²) in [5.41, 5.74) is 7.41. The van der Waals surface area contributed by atoms with E-state index in [9.17, 15) is 0 Å². The van der Waals surface area contributed by atoms with Gasteiger partial charge in [0.1, 0.15) is 11.5 Å². The van der Waals surface area contributed by atoms with Crippen molar-refractivity contribution in [3.05, 3.63) is 117 Å². The number of hydrogen-bond donors (Lipinski definition) is 2. The predicted molar refractivity (Wildman–Crippen MR) is 179 cm³/mol. The van der Waals surface area contributed by atoms with Crippen molar-refractivity contribution in [2.45, 2.75) is 40.5 Å². The summed E-state index contributed by atoms with van der Waals surface area (Å²) in [5.74, 6) is 1.86. The number of benzene rings is 4. The normalized spacial score (nSPS) is 9.91. The molecule has 2 N–H and O–H groups in total. The molecule has 7 nitrogen and oxygen atoms in total. The van der Waals surface area contributed by atoms with Crippen LogP contribution >= 0.6 is 15.9 Å². The van der Waals surface area contributed by atoms with Gasteiger partial charge in [-0.15, -0.1) is 0 Å². The summed E-state index contributed by atoms with van der Waals surface area (Å²) >= 11 is 3.41. The Morgan fingerprint density at radius 3 is 1.53 bits per heavy atom. The van der Waals surface area contributed by atoms with E-state index in [1.54, 1.807) is 20.3 Å². The third kappa shape index (κ3) is 9.73. The molecule has 0 radical (unpaired) electrons. The van der Waals surface area contributed by atoms with E-state index >= 15 is 0 Å². The SMILES string of the molecule is CCc1ccc(OC)cc1.CCc1ccc(OC)cc1.Cc1[nH]nc2ccc(Br)cc12.Cc1[nH]nc2ccc(C#N)cc12. The van der Waals surface area contributed by atoms with Crippen LogP contribution in [-0.2, 0) is 12.8 Å². The lowest BCUT2D eigenvalue weighted by Gasteiger charge is -1.99. The zero-order valence-corrected chi connectivity index (χ0v) is 27.1. The van der Waals surface area contributed by atoms with Gasteiger partial charge in [0, 0.05) is 26.6 Å². The van der Waals surface area contributed by atoms with Gasteiger partial charge in [-0.05, 0) is 98.5 Å². The fraction of sp³-hybridized carbons (Fsp3) is 0.229. The summed E-state index contributed by atoms with van der Waals surface area (Å²) in [6, 6.07) is 29.9. The molecule has 0 bridgehead atoms. The fourth-order valence-electron chi connectivity index (χ4n) is 4.04. The van der Waals surface area contributed by atoms with E-state index in [4.69, 9.17) is 14.7 Å². The summed E-state index contributed by atoms with van der Waals surface area (Å²) < 4.78 is 11.1. The van der Waals surface area contributed by atoms with E-state index in [0.717, 1.165) is 56.6 Å². The molecular formula is C35H38BrN5O2. The van der Waals surface area contributed by atoms with Crippen LogP contribution in [0.4, 0.5) is 0 Å². The Kier molecular flexibility index (Phi) is 12.8. The molecule has 0 saturated carbocycles. The van der Waals surface area contributed by atoms with Crippen molar-refractivity contribution < 1.29 is 9.47 Å². The van der Waals surface area contributed by atoms with E-state index in [2.05, 4.69) is 86.6 Å². The molecule has 0 saturated heterocycles. The van der Waals surface area contributed by atoms with Gasteiger partial charge in [-0.1, -0.05) is 54.0 Å². The number of aromatic amines is 2. The highest BCUT2D eigenvalue weighted by atomic mass is 79.9. The molecule has 2 heterocycles. The van der Waals surface area contributed by atoms with Crippen LogP contribution in [0.3, 0.4) is 0 Å². The van der Waals surface area contributed by atoms with E-state index in [1.165, 1.54) is 16.5 Å². The number of halogens is 1. The maximum absolute atomic E-state index is 8.64. The number of rotatable bonds is 4. The Bertz CT molecular complexity index is 1660. The number of fused-ring (bicyclic) bond motifs is 2. The fourth-order valence-corrected chi connectivity index (χ4v) is 4.40. The van der Waals surface area contributed by atoms with Gasteiger partial charge in [-0.3, -0.25) is 10.2 Å². The minimum atomic E-state index is 0.673. The molecule has 0 spiro atoms. The largest absolute Gasteiger partial charge is 0.497 e. The van der Waals surface area contributed by atoms with Crippen LogP contribution < -0.4 is 9.47 Å². The second-order valence-corrected chi connectivity index (χ2v) is 10.5.